The third kappa shape index (κ3) is 4.75. The van der Waals surface area contributed by atoms with Gasteiger partial charge in [-0.15, -0.1) is 0 Å². The normalized spacial score (nSPS) is 12.2. The number of hydrogen-bond donors (Lipinski definition) is 2. The first-order valence-corrected chi connectivity index (χ1v) is 6.16. The lowest BCUT2D eigenvalue weighted by atomic mass is 10.1. The number of benzene rings is 1. The molecule has 1 atom stereocenters. The van der Waals surface area contributed by atoms with E-state index in [0.717, 1.165) is 10.2 Å². The van der Waals surface area contributed by atoms with Crippen LogP contribution in [0.1, 0.15) is 13.3 Å². The number of carbonyl (C=O) groups excluding carboxylic acids is 1. The highest BCUT2D eigenvalue weighted by Crippen LogP contribution is 2.23. The monoisotopic (exact) mass is 300 g/mol. The van der Waals surface area contributed by atoms with Gasteiger partial charge in [0, 0.05) is 36.0 Å². The van der Waals surface area contributed by atoms with E-state index in [-0.39, 0.29) is 11.8 Å². The van der Waals surface area contributed by atoms with Crippen LogP contribution in [0.4, 0.5) is 11.4 Å². The molecule has 0 aliphatic rings. The van der Waals surface area contributed by atoms with Crippen LogP contribution >= 0.6 is 15.9 Å². The van der Waals surface area contributed by atoms with Gasteiger partial charge in [0.15, 0.2) is 0 Å². The number of nitrogens with two attached hydrogens (primary N) is 1. The Morgan fingerprint density at radius 2 is 2.29 bits per heavy atom. The second-order valence-electron chi connectivity index (χ2n) is 4.05. The lowest BCUT2D eigenvalue weighted by Gasteiger charge is -2.11. The Morgan fingerprint density at radius 3 is 2.88 bits per heavy atom. The van der Waals surface area contributed by atoms with Crippen LogP contribution < -0.4 is 11.1 Å². The Bertz CT molecular complexity index is 396. The summed E-state index contributed by atoms with van der Waals surface area (Å²) in [5.41, 5.74) is 7.05. The van der Waals surface area contributed by atoms with Crippen LogP contribution in [0.5, 0.6) is 0 Å². The predicted octanol–water partition coefficient (Wildman–Crippen LogP) is 2.64. The predicted molar refractivity (Wildman–Crippen MR) is 72.8 cm³/mol. The van der Waals surface area contributed by atoms with E-state index in [0.29, 0.717) is 18.7 Å². The first kappa shape index (κ1) is 14.0. The van der Waals surface area contributed by atoms with Gasteiger partial charge >= 0.3 is 0 Å². The van der Waals surface area contributed by atoms with Crippen molar-refractivity contribution in [2.45, 2.75) is 13.3 Å². The molecule has 0 spiro atoms. The van der Waals surface area contributed by atoms with E-state index < -0.39 is 0 Å². The number of ether oxygens (including phenoxy) is 1. The van der Waals surface area contributed by atoms with Crippen LogP contribution in [0.3, 0.4) is 0 Å². The maximum Gasteiger partial charge on any atom is 0.224 e. The highest BCUT2D eigenvalue weighted by molar-refractivity contribution is 9.10. The van der Waals surface area contributed by atoms with Gasteiger partial charge in [0.2, 0.25) is 5.91 Å². The Hall–Kier alpha value is -1.07. The molecular weight excluding hydrogens is 284 g/mol. The molecule has 5 heteroatoms. The van der Waals surface area contributed by atoms with Crippen LogP contribution in [0.25, 0.3) is 0 Å². The number of hydrogen-bond acceptors (Lipinski definition) is 3. The van der Waals surface area contributed by atoms with Crippen LogP contribution in [0.2, 0.25) is 0 Å². The van der Waals surface area contributed by atoms with Crippen molar-refractivity contribution in [2.75, 3.05) is 24.8 Å². The van der Waals surface area contributed by atoms with Crippen LogP contribution in [-0.4, -0.2) is 19.6 Å². The molecule has 0 aromatic heterocycles. The van der Waals surface area contributed by atoms with Crippen molar-refractivity contribution < 1.29 is 9.53 Å². The fourth-order valence-corrected chi connectivity index (χ4v) is 1.86. The summed E-state index contributed by atoms with van der Waals surface area (Å²) in [6.07, 6.45) is 0.440. The topological polar surface area (TPSA) is 64.3 Å². The first-order chi connectivity index (χ1) is 8.02. The van der Waals surface area contributed by atoms with Gasteiger partial charge in [0.25, 0.3) is 0 Å². The second-order valence-corrected chi connectivity index (χ2v) is 4.90. The fourth-order valence-electron chi connectivity index (χ4n) is 1.48. The molecule has 0 saturated heterocycles. The first-order valence-electron chi connectivity index (χ1n) is 5.36. The average Bonchev–Trinajstić information content (AvgIpc) is 2.23. The third-order valence-electron chi connectivity index (χ3n) is 2.27. The number of nitrogen functional groups attached to an aromatic ring is 1. The van der Waals surface area contributed by atoms with Crippen molar-refractivity contribution in [1.29, 1.82) is 0 Å². The largest absolute Gasteiger partial charge is 0.398 e. The fraction of sp³-hybridized carbons (Fsp3) is 0.417. The van der Waals surface area contributed by atoms with E-state index >= 15 is 0 Å². The molecule has 0 aliphatic carbocycles. The maximum absolute atomic E-state index is 11.7. The van der Waals surface area contributed by atoms with Gasteiger partial charge in [-0.25, -0.2) is 0 Å². The van der Waals surface area contributed by atoms with Crippen LogP contribution in [0.15, 0.2) is 22.7 Å². The zero-order valence-electron chi connectivity index (χ0n) is 10.00. The minimum atomic E-state index is -0.0220. The van der Waals surface area contributed by atoms with Crippen molar-refractivity contribution >= 4 is 33.2 Å². The Labute approximate surface area is 110 Å². The molecule has 0 aliphatic heterocycles. The summed E-state index contributed by atoms with van der Waals surface area (Å²) in [6, 6.07) is 5.31. The minimum Gasteiger partial charge on any atom is -0.398 e. The van der Waals surface area contributed by atoms with Crippen molar-refractivity contribution in [2.24, 2.45) is 5.92 Å². The standard InChI is InChI=1S/C12H17BrN2O2/c1-8(7-17-2)5-12(16)15-9-3-4-11(14)10(13)6-9/h3-4,6,8H,5,7,14H2,1-2H3,(H,15,16). The number of nitrogens with one attached hydrogen (secondary N) is 1. The molecule has 0 bridgehead atoms. The minimum absolute atomic E-state index is 0.0220. The number of anilines is 2. The molecular formula is C12H17BrN2O2. The maximum atomic E-state index is 11.7. The number of amides is 1. The molecule has 1 amide bonds. The zero-order valence-corrected chi connectivity index (χ0v) is 11.6. The molecule has 0 fully saturated rings. The highest BCUT2D eigenvalue weighted by atomic mass is 79.9. The summed E-state index contributed by atoms with van der Waals surface area (Å²) in [5.74, 6) is 0.184. The molecule has 1 aromatic carbocycles. The van der Waals surface area contributed by atoms with Gasteiger partial charge in [-0.05, 0) is 40.0 Å². The summed E-state index contributed by atoms with van der Waals surface area (Å²) in [5, 5.41) is 2.82. The third-order valence-corrected chi connectivity index (χ3v) is 2.96. The SMILES string of the molecule is COCC(C)CC(=O)Nc1ccc(N)c(Br)c1. The van der Waals surface area contributed by atoms with E-state index in [1.165, 1.54) is 0 Å². The molecule has 17 heavy (non-hydrogen) atoms. The lowest BCUT2D eigenvalue weighted by Crippen LogP contribution is -2.17. The smallest absolute Gasteiger partial charge is 0.224 e. The van der Waals surface area contributed by atoms with E-state index in [4.69, 9.17) is 10.5 Å². The molecule has 94 valence electrons. The van der Waals surface area contributed by atoms with Crippen molar-refractivity contribution in [3.63, 3.8) is 0 Å². The van der Waals surface area contributed by atoms with Gasteiger partial charge in [0.05, 0.1) is 0 Å². The molecule has 0 heterocycles. The van der Waals surface area contributed by atoms with Crippen molar-refractivity contribution in [3.8, 4) is 0 Å². The number of carbonyl (C=O) groups is 1. The van der Waals surface area contributed by atoms with Crippen molar-refractivity contribution in [1.82, 2.24) is 0 Å². The van der Waals surface area contributed by atoms with E-state index in [1.807, 2.05) is 6.92 Å². The van der Waals surface area contributed by atoms with E-state index in [9.17, 15) is 4.79 Å². The zero-order chi connectivity index (χ0) is 12.8. The molecule has 3 N–H and O–H groups in total. The van der Waals surface area contributed by atoms with E-state index in [1.54, 1.807) is 25.3 Å². The number of methoxy groups -OCH3 is 1. The number of rotatable bonds is 5. The van der Waals surface area contributed by atoms with Gasteiger partial charge in [-0.3, -0.25) is 4.79 Å². The van der Waals surface area contributed by atoms with Gasteiger partial charge in [-0.1, -0.05) is 6.92 Å². The van der Waals surface area contributed by atoms with Crippen LogP contribution in [-0.2, 0) is 9.53 Å². The summed E-state index contributed by atoms with van der Waals surface area (Å²) >= 11 is 3.32. The summed E-state index contributed by atoms with van der Waals surface area (Å²) in [7, 11) is 1.63. The summed E-state index contributed by atoms with van der Waals surface area (Å²) in [4.78, 5) is 11.7. The quantitative estimate of drug-likeness (QED) is 0.822. The molecule has 1 rings (SSSR count). The van der Waals surface area contributed by atoms with Gasteiger partial charge in [-0.2, -0.15) is 0 Å². The molecule has 1 unspecified atom stereocenters. The molecule has 1 aromatic rings. The van der Waals surface area contributed by atoms with E-state index in [2.05, 4.69) is 21.2 Å². The summed E-state index contributed by atoms with van der Waals surface area (Å²) < 4.78 is 5.76. The molecule has 0 saturated carbocycles. The second kappa shape index (κ2) is 6.61. The summed E-state index contributed by atoms with van der Waals surface area (Å²) in [6.45, 7) is 2.56. The Kier molecular flexibility index (Phi) is 5.44. The highest BCUT2D eigenvalue weighted by Gasteiger charge is 2.09. The number of halogens is 1. The Morgan fingerprint density at radius 1 is 1.59 bits per heavy atom. The van der Waals surface area contributed by atoms with Crippen LogP contribution in [0, 0.1) is 5.92 Å². The molecule has 0 radical (unpaired) electrons. The Balaban J connectivity index is 2.53. The van der Waals surface area contributed by atoms with Crippen molar-refractivity contribution in [3.05, 3.63) is 22.7 Å². The van der Waals surface area contributed by atoms with Gasteiger partial charge in [0.1, 0.15) is 0 Å². The molecule has 4 nitrogen and oxygen atoms in total. The lowest BCUT2D eigenvalue weighted by molar-refractivity contribution is -0.117. The van der Waals surface area contributed by atoms with Gasteiger partial charge < -0.3 is 15.8 Å². The average molecular weight is 301 g/mol.